The van der Waals surface area contributed by atoms with E-state index in [-0.39, 0.29) is 16.7 Å². The number of nitrogens with zero attached hydrogens (tertiary/aromatic N) is 2. The van der Waals surface area contributed by atoms with Crippen molar-refractivity contribution in [3.8, 4) is 11.8 Å². The molecule has 0 bridgehead atoms. The van der Waals surface area contributed by atoms with E-state index < -0.39 is 15.6 Å². The summed E-state index contributed by atoms with van der Waals surface area (Å²) in [6.07, 6.45) is 4.74. The van der Waals surface area contributed by atoms with E-state index >= 15 is 0 Å². The first-order valence-corrected chi connectivity index (χ1v) is 11.3. The van der Waals surface area contributed by atoms with Crippen LogP contribution in [0.25, 0.3) is 0 Å². The molecule has 1 saturated heterocycles. The smallest absolute Gasteiger partial charge is 0.410 e. The SMILES string of the molecule is CC(C)(C)OC(=O)N1CC(CCCC#Cc2ccc(S(N)(=O)=O)nc2)CC1(C)C. The molecule has 29 heavy (non-hydrogen) atoms. The summed E-state index contributed by atoms with van der Waals surface area (Å²) in [4.78, 5) is 18.1. The molecule has 0 aromatic carbocycles. The highest BCUT2D eigenvalue weighted by Crippen LogP contribution is 2.36. The number of pyridine rings is 1. The van der Waals surface area contributed by atoms with Crippen molar-refractivity contribution in [3.05, 3.63) is 23.9 Å². The van der Waals surface area contributed by atoms with Crippen LogP contribution in [0.4, 0.5) is 4.79 Å². The van der Waals surface area contributed by atoms with Crippen LogP contribution in [0.5, 0.6) is 0 Å². The highest BCUT2D eigenvalue weighted by atomic mass is 32.2. The summed E-state index contributed by atoms with van der Waals surface area (Å²) >= 11 is 0. The van der Waals surface area contributed by atoms with E-state index in [1.807, 2.05) is 25.7 Å². The number of hydrogen-bond acceptors (Lipinski definition) is 5. The van der Waals surface area contributed by atoms with Gasteiger partial charge in [-0.3, -0.25) is 0 Å². The van der Waals surface area contributed by atoms with Gasteiger partial charge in [-0.1, -0.05) is 11.8 Å². The van der Waals surface area contributed by atoms with Crippen molar-refractivity contribution >= 4 is 16.1 Å². The number of likely N-dealkylation sites (tertiary alicyclic amines) is 1. The number of primary sulfonamides is 1. The van der Waals surface area contributed by atoms with Gasteiger partial charge in [-0.25, -0.2) is 23.3 Å². The van der Waals surface area contributed by atoms with Crippen LogP contribution < -0.4 is 5.14 Å². The van der Waals surface area contributed by atoms with Gasteiger partial charge in [0.05, 0.1) is 0 Å². The lowest BCUT2D eigenvalue weighted by Crippen LogP contribution is -2.45. The average Bonchev–Trinajstić information content (AvgIpc) is 2.87. The van der Waals surface area contributed by atoms with Gasteiger partial charge in [-0.05, 0) is 71.9 Å². The van der Waals surface area contributed by atoms with Crippen LogP contribution in [0.15, 0.2) is 23.4 Å². The largest absolute Gasteiger partial charge is 0.444 e. The maximum absolute atomic E-state index is 12.5. The number of nitrogens with two attached hydrogens (primary N) is 1. The summed E-state index contributed by atoms with van der Waals surface area (Å²) in [6.45, 7) is 10.5. The first kappa shape index (κ1) is 23.2. The number of ether oxygens (including phenoxy) is 1. The van der Waals surface area contributed by atoms with Crippen LogP contribution in [0.2, 0.25) is 0 Å². The number of hydrogen-bond donors (Lipinski definition) is 1. The minimum atomic E-state index is -3.78. The molecule has 1 atom stereocenters. The Hall–Kier alpha value is -2.11. The fourth-order valence-corrected chi connectivity index (χ4v) is 3.94. The predicted molar refractivity (Wildman–Crippen MR) is 111 cm³/mol. The number of carbonyl (C=O) groups excluding carboxylic acids is 1. The Morgan fingerprint density at radius 3 is 2.62 bits per heavy atom. The van der Waals surface area contributed by atoms with Crippen LogP contribution in [-0.4, -0.2) is 42.1 Å². The molecule has 0 spiro atoms. The fourth-order valence-electron chi connectivity index (χ4n) is 3.48. The van der Waals surface area contributed by atoms with E-state index in [0.717, 1.165) is 25.7 Å². The molecule has 0 radical (unpaired) electrons. The third kappa shape index (κ3) is 7.02. The number of carbonyl (C=O) groups is 1. The Bertz CT molecular complexity index is 891. The highest BCUT2D eigenvalue weighted by Gasteiger charge is 2.42. The molecule has 1 unspecified atom stereocenters. The average molecular weight is 422 g/mol. The van der Waals surface area contributed by atoms with E-state index in [1.54, 1.807) is 6.07 Å². The van der Waals surface area contributed by atoms with Crippen LogP contribution >= 0.6 is 0 Å². The van der Waals surface area contributed by atoms with E-state index in [9.17, 15) is 13.2 Å². The second kappa shape index (κ2) is 8.72. The lowest BCUT2D eigenvalue weighted by Gasteiger charge is -2.33. The molecule has 0 aliphatic carbocycles. The molecule has 7 nitrogen and oxygen atoms in total. The van der Waals surface area contributed by atoms with Crippen LogP contribution in [-0.2, 0) is 14.8 Å². The fraction of sp³-hybridized carbons (Fsp3) is 0.619. The summed E-state index contributed by atoms with van der Waals surface area (Å²) in [5, 5.41) is 4.86. The zero-order valence-corrected chi connectivity index (χ0v) is 18.7. The first-order valence-electron chi connectivity index (χ1n) is 9.76. The van der Waals surface area contributed by atoms with Gasteiger partial charge in [0.2, 0.25) is 0 Å². The van der Waals surface area contributed by atoms with Crippen molar-refractivity contribution in [1.82, 2.24) is 9.88 Å². The van der Waals surface area contributed by atoms with Crippen LogP contribution in [0.1, 0.15) is 65.9 Å². The van der Waals surface area contributed by atoms with Crippen molar-refractivity contribution in [2.24, 2.45) is 11.1 Å². The highest BCUT2D eigenvalue weighted by molar-refractivity contribution is 7.89. The summed E-state index contributed by atoms with van der Waals surface area (Å²) in [5.41, 5.74) is -0.0620. The van der Waals surface area contributed by atoms with Crippen molar-refractivity contribution in [1.29, 1.82) is 0 Å². The Morgan fingerprint density at radius 2 is 2.07 bits per heavy atom. The molecule has 0 saturated carbocycles. The summed E-state index contributed by atoms with van der Waals surface area (Å²) < 4.78 is 27.9. The molecular formula is C21H31N3O4S. The number of sulfonamides is 1. The molecule has 1 aliphatic rings. The zero-order valence-electron chi connectivity index (χ0n) is 17.9. The molecule has 1 aromatic heterocycles. The monoisotopic (exact) mass is 421 g/mol. The van der Waals surface area contributed by atoms with E-state index in [2.05, 4.69) is 30.7 Å². The third-order valence-electron chi connectivity index (χ3n) is 4.75. The van der Waals surface area contributed by atoms with E-state index in [1.165, 1.54) is 12.3 Å². The molecule has 2 heterocycles. The first-order chi connectivity index (χ1) is 13.3. The Morgan fingerprint density at radius 1 is 1.38 bits per heavy atom. The summed E-state index contributed by atoms with van der Waals surface area (Å²) in [6, 6.07) is 2.95. The number of rotatable bonds is 4. The molecule has 2 rings (SSSR count). The Labute approximate surface area is 174 Å². The van der Waals surface area contributed by atoms with Gasteiger partial charge >= 0.3 is 6.09 Å². The second-order valence-electron chi connectivity index (χ2n) is 9.10. The van der Waals surface area contributed by atoms with Crippen LogP contribution in [0.3, 0.4) is 0 Å². The topological polar surface area (TPSA) is 103 Å². The minimum Gasteiger partial charge on any atom is -0.444 e. The third-order valence-corrected chi connectivity index (χ3v) is 5.57. The summed E-state index contributed by atoms with van der Waals surface area (Å²) in [7, 11) is -3.78. The van der Waals surface area contributed by atoms with Crippen molar-refractivity contribution < 1.29 is 17.9 Å². The van der Waals surface area contributed by atoms with Gasteiger partial charge in [0.15, 0.2) is 5.03 Å². The maximum Gasteiger partial charge on any atom is 0.410 e. The minimum absolute atomic E-state index is 0.165. The zero-order chi connectivity index (χ0) is 21.9. The van der Waals surface area contributed by atoms with Gasteiger partial charge in [-0.2, -0.15) is 0 Å². The van der Waals surface area contributed by atoms with Crippen LogP contribution in [0, 0.1) is 17.8 Å². The molecule has 2 N–H and O–H groups in total. The Balaban J connectivity index is 1.83. The van der Waals surface area contributed by atoms with Crippen molar-refractivity contribution in [2.75, 3.05) is 6.54 Å². The van der Waals surface area contributed by atoms with Crippen molar-refractivity contribution in [3.63, 3.8) is 0 Å². The van der Waals surface area contributed by atoms with Gasteiger partial charge in [-0.15, -0.1) is 0 Å². The van der Waals surface area contributed by atoms with Gasteiger partial charge in [0.25, 0.3) is 10.0 Å². The number of aromatic nitrogens is 1. The molecular weight excluding hydrogens is 390 g/mol. The number of unbranched alkanes of at least 4 members (excludes halogenated alkanes) is 1. The van der Waals surface area contributed by atoms with Gasteiger partial charge in [0, 0.05) is 30.3 Å². The Kier molecular flexibility index (Phi) is 6.97. The molecule has 8 heteroatoms. The number of amides is 1. The quantitative estimate of drug-likeness (QED) is 0.594. The normalized spacial score (nSPS) is 18.8. The molecule has 1 fully saturated rings. The van der Waals surface area contributed by atoms with E-state index in [4.69, 9.17) is 9.88 Å². The van der Waals surface area contributed by atoms with E-state index in [0.29, 0.717) is 18.0 Å². The molecule has 1 aliphatic heterocycles. The molecule has 160 valence electrons. The van der Waals surface area contributed by atoms with Crippen molar-refractivity contribution in [2.45, 2.75) is 76.5 Å². The maximum atomic E-state index is 12.5. The second-order valence-corrected chi connectivity index (χ2v) is 10.6. The lowest BCUT2D eigenvalue weighted by atomic mass is 9.93. The molecule has 1 amide bonds. The lowest BCUT2D eigenvalue weighted by molar-refractivity contribution is 0.0131. The van der Waals surface area contributed by atoms with Gasteiger partial charge in [0.1, 0.15) is 5.60 Å². The summed E-state index contributed by atoms with van der Waals surface area (Å²) in [5.74, 6) is 6.50. The molecule has 1 aromatic rings. The predicted octanol–water partition coefficient (Wildman–Crippen LogP) is 3.29. The van der Waals surface area contributed by atoms with Gasteiger partial charge < -0.3 is 9.64 Å². The standard InChI is InChI=1S/C21H31N3O4S/c1-20(2,3)28-19(25)24-15-17(13-21(24,4)5)10-8-6-7-9-16-11-12-18(23-14-16)29(22,26)27/h11-12,14,17H,6,8,10,13,15H2,1-5H3,(H2,22,26,27).